The van der Waals surface area contributed by atoms with Crippen LogP contribution in [0.2, 0.25) is 0 Å². The lowest BCUT2D eigenvalue weighted by Crippen LogP contribution is -2.49. The fourth-order valence-electron chi connectivity index (χ4n) is 1.01. The lowest BCUT2D eigenvalue weighted by molar-refractivity contribution is 0.204. The van der Waals surface area contributed by atoms with Gasteiger partial charge in [0, 0.05) is 25.8 Å². The molecule has 3 N–H and O–H groups in total. The molecule has 6 nitrogen and oxygen atoms in total. The molecule has 0 rings (SSSR count). The highest BCUT2D eigenvalue weighted by molar-refractivity contribution is 7.87. The summed E-state index contributed by atoms with van der Waals surface area (Å²) in [6.45, 7) is 3.90. The summed E-state index contributed by atoms with van der Waals surface area (Å²) in [5.41, 5.74) is -0.659. The summed E-state index contributed by atoms with van der Waals surface area (Å²) in [5.74, 6) is 0. The zero-order valence-corrected chi connectivity index (χ0v) is 10.2. The summed E-state index contributed by atoms with van der Waals surface area (Å²) < 4.78 is 32.4. The molecule has 0 aliphatic carbocycles. The van der Waals surface area contributed by atoms with Gasteiger partial charge in [-0.05, 0) is 20.3 Å². The second-order valence-electron chi connectivity index (χ2n) is 3.85. The maximum Gasteiger partial charge on any atom is 0.277 e. The molecule has 0 spiro atoms. The van der Waals surface area contributed by atoms with E-state index in [1.54, 1.807) is 13.8 Å². The van der Waals surface area contributed by atoms with Gasteiger partial charge in [-0.2, -0.15) is 17.9 Å². The lowest BCUT2D eigenvalue weighted by atomic mass is 10.0. The molecule has 0 saturated heterocycles. The first-order chi connectivity index (χ1) is 6.83. The molecule has 0 amide bonds. The molecule has 0 aliphatic heterocycles. The Morgan fingerprint density at radius 3 is 2.47 bits per heavy atom. The fourth-order valence-corrected chi connectivity index (χ4v) is 2.26. The highest BCUT2D eigenvalue weighted by Crippen LogP contribution is 2.08. The third kappa shape index (κ3) is 7.69. The molecule has 0 bridgehead atoms. The van der Waals surface area contributed by atoms with Crippen LogP contribution < -0.4 is 9.44 Å². The molecule has 0 radical (unpaired) electrons. The molecule has 0 aliphatic rings. The van der Waals surface area contributed by atoms with E-state index in [0.717, 1.165) is 0 Å². The topological polar surface area (TPSA) is 87.7 Å². The van der Waals surface area contributed by atoms with E-state index in [9.17, 15) is 8.42 Å². The number of nitrogens with one attached hydrogen (secondary N) is 2. The van der Waals surface area contributed by atoms with E-state index >= 15 is 0 Å². The summed E-state index contributed by atoms with van der Waals surface area (Å²) in [4.78, 5) is 0. The molecular formula is C8H20N2O4S. The van der Waals surface area contributed by atoms with Gasteiger partial charge in [-0.3, -0.25) is 0 Å². The Balaban J connectivity index is 4.13. The minimum atomic E-state index is -3.52. The Kier molecular flexibility index (Phi) is 6.30. The SMILES string of the molecule is COCCNS(=O)(=O)NC(C)(C)CCO. The maximum atomic E-state index is 11.4. The molecule has 15 heavy (non-hydrogen) atoms. The van der Waals surface area contributed by atoms with Crippen LogP contribution in [0.5, 0.6) is 0 Å². The monoisotopic (exact) mass is 240 g/mol. The van der Waals surface area contributed by atoms with Crippen LogP contribution in [0.25, 0.3) is 0 Å². The zero-order valence-electron chi connectivity index (χ0n) is 9.41. The normalized spacial score (nSPS) is 13.1. The molecule has 0 aromatic carbocycles. The first kappa shape index (κ1) is 14.8. The third-order valence-corrected chi connectivity index (χ3v) is 3.15. The lowest BCUT2D eigenvalue weighted by Gasteiger charge is -2.24. The van der Waals surface area contributed by atoms with Crippen LogP contribution in [0.3, 0.4) is 0 Å². The predicted octanol–water partition coefficient (Wildman–Crippen LogP) is -0.782. The Morgan fingerprint density at radius 2 is 2.00 bits per heavy atom. The Labute approximate surface area is 91.2 Å². The summed E-state index contributed by atoms with van der Waals surface area (Å²) >= 11 is 0. The van der Waals surface area contributed by atoms with Gasteiger partial charge in [-0.15, -0.1) is 0 Å². The molecule has 0 heterocycles. The molecule has 0 unspecified atom stereocenters. The molecule has 0 aromatic rings. The molecule has 0 saturated carbocycles. The van der Waals surface area contributed by atoms with E-state index in [1.165, 1.54) is 7.11 Å². The van der Waals surface area contributed by atoms with Gasteiger partial charge in [-0.1, -0.05) is 0 Å². The highest BCUT2D eigenvalue weighted by atomic mass is 32.2. The Morgan fingerprint density at radius 1 is 1.40 bits per heavy atom. The van der Waals surface area contributed by atoms with Crippen molar-refractivity contribution in [1.29, 1.82) is 0 Å². The first-order valence-corrected chi connectivity index (χ1v) is 6.20. The van der Waals surface area contributed by atoms with Crippen molar-refractivity contribution in [1.82, 2.24) is 9.44 Å². The van der Waals surface area contributed by atoms with Crippen LogP contribution >= 0.6 is 0 Å². The molecule has 7 heteroatoms. The zero-order chi connectivity index (χ0) is 11.9. The minimum absolute atomic E-state index is 0.0619. The number of aliphatic hydroxyl groups excluding tert-OH is 1. The third-order valence-electron chi connectivity index (χ3n) is 1.75. The fraction of sp³-hybridized carbons (Fsp3) is 1.00. The van der Waals surface area contributed by atoms with E-state index < -0.39 is 15.7 Å². The summed E-state index contributed by atoms with van der Waals surface area (Å²) in [6, 6.07) is 0. The average molecular weight is 240 g/mol. The van der Waals surface area contributed by atoms with Gasteiger partial charge in [0.1, 0.15) is 0 Å². The number of aliphatic hydroxyl groups is 1. The summed E-state index contributed by atoms with van der Waals surface area (Å²) in [7, 11) is -2.03. The van der Waals surface area contributed by atoms with E-state index in [1.807, 2.05) is 0 Å². The number of ether oxygens (including phenoxy) is 1. The smallest absolute Gasteiger partial charge is 0.277 e. The second kappa shape index (κ2) is 6.39. The predicted molar refractivity (Wildman–Crippen MR) is 57.7 cm³/mol. The van der Waals surface area contributed by atoms with Crippen molar-refractivity contribution in [2.75, 3.05) is 26.9 Å². The number of hydrogen-bond acceptors (Lipinski definition) is 4. The van der Waals surface area contributed by atoms with Crippen LogP contribution in [-0.4, -0.2) is 45.9 Å². The van der Waals surface area contributed by atoms with Crippen molar-refractivity contribution in [2.45, 2.75) is 25.8 Å². The van der Waals surface area contributed by atoms with Gasteiger partial charge in [0.25, 0.3) is 10.2 Å². The van der Waals surface area contributed by atoms with Crippen molar-refractivity contribution in [3.8, 4) is 0 Å². The van der Waals surface area contributed by atoms with Crippen LogP contribution in [0.15, 0.2) is 0 Å². The maximum absolute atomic E-state index is 11.4. The van der Waals surface area contributed by atoms with Gasteiger partial charge in [-0.25, -0.2) is 0 Å². The van der Waals surface area contributed by atoms with Gasteiger partial charge in [0.05, 0.1) is 6.61 Å². The minimum Gasteiger partial charge on any atom is -0.396 e. The van der Waals surface area contributed by atoms with E-state index in [4.69, 9.17) is 9.84 Å². The van der Waals surface area contributed by atoms with Gasteiger partial charge in [0.15, 0.2) is 0 Å². The van der Waals surface area contributed by atoms with Gasteiger partial charge in [0.2, 0.25) is 0 Å². The average Bonchev–Trinajstić information content (AvgIpc) is 2.01. The molecular weight excluding hydrogens is 220 g/mol. The Hall–Kier alpha value is -0.210. The first-order valence-electron chi connectivity index (χ1n) is 4.71. The molecule has 92 valence electrons. The molecule has 0 atom stereocenters. The van der Waals surface area contributed by atoms with Crippen LogP contribution in [0, 0.1) is 0 Å². The van der Waals surface area contributed by atoms with Crippen molar-refractivity contribution < 1.29 is 18.3 Å². The van der Waals surface area contributed by atoms with E-state index in [0.29, 0.717) is 13.0 Å². The summed E-state index contributed by atoms with van der Waals surface area (Å²) in [5, 5.41) is 8.74. The molecule has 0 aromatic heterocycles. The van der Waals surface area contributed by atoms with Crippen LogP contribution in [-0.2, 0) is 14.9 Å². The van der Waals surface area contributed by atoms with Crippen LogP contribution in [0.4, 0.5) is 0 Å². The van der Waals surface area contributed by atoms with E-state index in [2.05, 4.69) is 9.44 Å². The van der Waals surface area contributed by atoms with Crippen LogP contribution in [0.1, 0.15) is 20.3 Å². The van der Waals surface area contributed by atoms with Gasteiger partial charge < -0.3 is 9.84 Å². The number of hydrogen-bond donors (Lipinski definition) is 3. The standard InChI is InChI=1S/C8H20N2O4S/c1-8(2,4-6-11)10-15(12,13)9-5-7-14-3/h9-11H,4-7H2,1-3H3. The van der Waals surface area contributed by atoms with Gasteiger partial charge >= 0.3 is 0 Å². The van der Waals surface area contributed by atoms with Crippen molar-refractivity contribution in [3.63, 3.8) is 0 Å². The highest BCUT2D eigenvalue weighted by Gasteiger charge is 2.23. The van der Waals surface area contributed by atoms with Crippen molar-refractivity contribution in [2.24, 2.45) is 0 Å². The van der Waals surface area contributed by atoms with E-state index in [-0.39, 0.29) is 13.2 Å². The van der Waals surface area contributed by atoms with Crippen molar-refractivity contribution in [3.05, 3.63) is 0 Å². The molecule has 0 fully saturated rings. The largest absolute Gasteiger partial charge is 0.396 e. The number of methoxy groups -OCH3 is 1. The number of rotatable bonds is 8. The second-order valence-corrected chi connectivity index (χ2v) is 5.35. The Bertz CT molecular complexity index is 264. The van der Waals surface area contributed by atoms with Crippen molar-refractivity contribution >= 4 is 10.2 Å². The quantitative estimate of drug-likeness (QED) is 0.486. The summed E-state index contributed by atoms with van der Waals surface area (Å²) in [6.07, 6.45) is 0.359.